The van der Waals surface area contributed by atoms with Gasteiger partial charge in [-0.3, -0.25) is 0 Å². The van der Waals surface area contributed by atoms with Crippen LogP contribution in [0.25, 0.3) is 93.3 Å². The lowest BCUT2D eigenvalue weighted by atomic mass is 9.60. The standard InChI is InChI=1S/C105H80N4/c1-103(2)94-61-82(73-31-43-85(44-32-73)106(88-49-37-67-19-7-13-25-76(67)55-88)89-50-38-68-20-8-14-26-77(68)56-89)63-96-100(94)109-101-95(103)62-83(74-33-45-86(46-34-74)107(90-51-39-69-21-9-15-27-78(69)57-90)91-52-40-70-22-10-16-28-79(70)58-91)64-97(101)105(5,6)99-66-84(65-98(102(99)109)104(96,3)4)75-35-47-87(48-36-75)108(92-53-41-71-23-11-17-29-80(71)59-92)93-54-42-72-24-12-18-30-81(72)60-93/h7-11,13-23,25-66H,12,24H2,1-6H3. The molecule has 0 N–H and O–H groups in total. The molecule has 0 fully saturated rings. The summed E-state index contributed by atoms with van der Waals surface area (Å²) in [6.07, 6.45) is 6.76. The van der Waals surface area contributed by atoms with E-state index in [4.69, 9.17) is 0 Å². The summed E-state index contributed by atoms with van der Waals surface area (Å²) in [6.45, 7) is 15.0. The SMILES string of the molecule is CC1(C)c2cc(-c3ccc(N(c4ccc5c(c4)C=CCC5)c4ccc5ccccc5c4)cc3)cc3c2N2c4c1cc(-c1ccc(N(c5ccc6ccccc6c5)c5ccc6ccccc6c5)cc1)cc4C(C)(C)c1cc(-c4ccc(N(c5ccc6ccccc6c5)c5ccc6ccccc6c5)cc4)cc(c12)C3(C)C. The van der Waals surface area contributed by atoms with Crippen molar-refractivity contribution >= 4 is 128 Å². The molecule has 0 atom stereocenters. The molecule has 0 saturated heterocycles. The Labute approximate surface area is 638 Å². The third-order valence-corrected chi connectivity index (χ3v) is 24.6. The maximum Gasteiger partial charge on any atom is 0.0544 e. The zero-order valence-corrected chi connectivity index (χ0v) is 62.2. The van der Waals surface area contributed by atoms with Crippen molar-refractivity contribution in [3.8, 4) is 33.4 Å². The smallest absolute Gasteiger partial charge is 0.0544 e. The third kappa shape index (κ3) is 10.4. The lowest BCUT2D eigenvalue weighted by molar-refractivity contribution is 0.567. The summed E-state index contributed by atoms with van der Waals surface area (Å²) < 4.78 is 0. The molecule has 17 aromatic rings. The lowest BCUT2D eigenvalue weighted by Gasteiger charge is -2.55. The average molecular weight is 1400 g/mol. The van der Waals surface area contributed by atoms with Gasteiger partial charge in [0.2, 0.25) is 0 Å². The van der Waals surface area contributed by atoms with E-state index in [2.05, 4.69) is 413 Å². The van der Waals surface area contributed by atoms with Crippen molar-refractivity contribution in [2.24, 2.45) is 0 Å². The minimum absolute atomic E-state index is 0.427. The number of benzene rings is 17. The van der Waals surface area contributed by atoms with Crippen LogP contribution in [0.4, 0.5) is 68.2 Å². The normalized spacial score (nSPS) is 14.4. The molecular weight excluding hydrogens is 1320 g/mol. The van der Waals surface area contributed by atoms with Crippen molar-refractivity contribution in [1.82, 2.24) is 0 Å². The van der Waals surface area contributed by atoms with Crippen LogP contribution in [0.2, 0.25) is 0 Å². The molecule has 0 radical (unpaired) electrons. The second-order valence-electron chi connectivity index (χ2n) is 32.1. The van der Waals surface area contributed by atoms with E-state index in [9.17, 15) is 0 Å². The molecule has 0 bridgehead atoms. The highest BCUT2D eigenvalue weighted by molar-refractivity contribution is 6.03. The summed E-state index contributed by atoms with van der Waals surface area (Å²) >= 11 is 0. The molecule has 0 aromatic heterocycles. The first-order chi connectivity index (χ1) is 53.2. The molecule has 0 spiro atoms. The first kappa shape index (κ1) is 64.4. The summed E-state index contributed by atoms with van der Waals surface area (Å²) in [6, 6.07) is 128. The van der Waals surface area contributed by atoms with E-state index in [1.54, 1.807) is 0 Å². The summed E-state index contributed by atoms with van der Waals surface area (Å²) in [4.78, 5) is 10.0. The Morgan fingerprint density at radius 2 is 0.468 bits per heavy atom. The maximum absolute atomic E-state index is 2.74. The Kier molecular flexibility index (Phi) is 14.5. The van der Waals surface area contributed by atoms with Crippen LogP contribution in [-0.4, -0.2) is 0 Å². The van der Waals surface area contributed by atoms with Crippen LogP contribution in [0.1, 0.15) is 92.5 Å². The maximum atomic E-state index is 2.74. The van der Waals surface area contributed by atoms with Gasteiger partial charge >= 0.3 is 0 Å². The van der Waals surface area contributed by atoms with E-state index in [0.29, 0.717) is 0 Å². The molecule has 4 heteroatoms. The zero-order chi connectivity index (χ0) is 73.0. The van der Waals surface area contributed by atoms with Gasteiger partial charge in [-0.2, -0.15) is 0 Å². The van der Waals surface area contributed by atoms with E-state index in [-0.39, 0.29) is 0 Å². The Bertz CT molecular complexity index is 6190. The molecular formula is C105H80N4. The number of aryl methyl sites for hydroxylation is 1. The largest absolute Gasteiger partial charge is 0.310 e. The molecule has 1 aliphatic carbocycles. The van der Waals surface area contributed by atoms with E-state index in [1.165, 1.54) is 149 Å². The minimum atomic E-state index is -0.429. The number of hydrogen-bond donors (Lipinski definition) is 0. The monoisotopic (exact) mass is 1400 g/mol. The van der Waals surface area contributed by atoms with Crippen molar-refractivity contribution in [3.63, 3.8) is 0 Å². The van der Waals surface area contributed by atoms with Crippen molar-refractivity contribution in [1.29, 1.82) is 0 Å². The molecule has 3 heterocycles. The second-order valence-corrected chi connectivity index (χ2v) is 32.1. The van der Waals surface area contributed by atoms with Gasteiger partial charge in [-0.15, -0.1) is 0 Å². The minimum Gasteiger partial charge on any atom is -0.310 e. The van der Waals surface area contributed by atoms with Gasteiger partial charge in [0.15, 0.2) is 0 Å². The number of rotatable bonds is 12. The van der Waals surface area contributed by atoms with Crippen LogP contribution in [0.3, 0.4) is 0 Å². The van der Waals surface area contributed by atoms with Gasteiger partial charge in [0, 0.05) is 67.4 Å². The van der Waals surface area contributed by atoms with Crippen molar-refractivity contribution < 1.29 is 0 Å². The summed E-state index contributed by atoms with van der Waals surface area (Å²) in [5.41, 5.74) is 30.6. The summed E-state index contributed by atoms with van der Waals surface area (Å²) in [7, 11) is 0. The Morgan fingerprint density at radius 1 is 0.229 bits per heavy atom. The number of hydrogen-bond acceptors (Lipinski definition) is 4. The molecule has 109 heavy (non-hydrogen) atoms. The first-order valence-corrected chi connectivity index (χ1v) is 38.6. The Hall–Kier alpha value is -13.0. The molecule has 17 aromatic carbocycles. The summed E-state index contributed by atoms with van der Waals surface area (Å²) in [5, 5.41) is 12.2. The van der Waals surface area contributed by atoms with Crippen LogP contribution in [0.15, 0.2) is 346 Å². The van der Waals surface area contributed by atoms with E-state index < -0.39 is 16.2 Å². The topological polar surface area (TPSA) is 13.0 Å². The number of allylic oxidation sites excluding steroid dienone is 1. The van der Waals surface area contributed by atoms with E-state index in [0.717, 1.165) is 64.0 Å². The van der Waals surface area contributed by atoms with Gasteiger partial charge in [0.1, 0.15) is 0 Å². The summed E-state index contributed by atoms with van der Waals surface area (Å²) in [5.74, 6) is 0. The average Bonchev–Trinajstić information content (AvgIpc) is 0.661. The molecule has 0 amide bonds. The van der Waals surface area contributed by atoms with Gasteiger partial charge in [-0.05, 0) is 290 Å². The quantitative estimate of drug-likeness (QED) is 0.121. The number of fused-ring (bicyclic) bond motifs is 6. The Balaban J connectivity index is 0.727. The highest BCUT2D eigenvalue weighted by atomic mass is 15.2. The molecule has 520 valence electrons. The van der Waals surface area contributed by atoms with E-state index >= 15 is 0 Å². The fourth-order valence-electron chi connectivity index (χ4n) is 18.6. The van der Waals surface area contributed by atoms with Gasteiger partial charge in [-0.25, -0.2) is 0 Å². The van der Waals surface area contributed by atoms with Gasteiger partial charge in [0.25, 0.3) is 0 Å². The lowest BCUT2D eigenvalue weighted by Crippen LogP contribution is -2.43. The number of anilines is 12. The highest BCUT2D eigenvalue weighted by Crippen LogP contribution is 2.68. The molecule has 3 aliphatic heterocycles. The van der Waals surface area contributed by atoms with Gasteiger partial charge in [0.05, 0.1) is 17.1 Å². The van der Waals surface area contributed by atoms with Gasteiger partial charge < -0.3 is 19.6 Å². The van der Waals surface area contributed by atoms with Gasteiger partial charge in [-0.1, -0.05) is 248 Å². The predicted molar refractivity (Wildman–Crippen MR) is 463 cm³/mol. The van der Waals surface area contributed by atoms with Crippen molar-refractivity contribution in [2.45, 2.75) is 70.6 Å². The molecule has 0 unspecified atom stereocenters. The van der Waals surface area contributed by atoms with Crippen molar-refractivity contribution in [2.75, 3.05) is 19.6 Å². The molecule has 4 nitrogen and oxygen atoms in total. The third-order valence-electron chi connectivity index (χ3n) is 24.6. The fraction of sp³-hybridized carbons (Fsp3) is 0.105. The highest BCUT2D eigenvalue weighted by Gasteiger charge is 2.52. The molecule has 21 rings (SSSR count). The predicted octanol–water partition coefficient (Wildman–Crippen LogP) is 29.2. The molecule has 0 saturated carbocycles. The van der Waals surface area contributed by atoms with Crippen LogP contribution < -0.4 is 19.6 Å². The van der Waals surface area contributed by atoms with E-state index in [1.807, 2.05) is 0 Å². The number of nitrogens with zero attached hydrogens (tertiary/aromatic N) is 4. The van der Waals surface area contributed by atoms with Crippen LogP contribution >= 0.6 is 0 Å². The Morgan fingerprint density at radius 3 is 0.743 bits per heavy atom. The van der Waals surface area contributed by atoms with Crippen molar-refractivity contribution in [3.05, 3.63) is 390 Å². The first-order valence-electron chi connectivity index (χ1n) is 38.6. The second kappa shape index (κ2) is 24.5. The fourth-order valence-corrected chi connectivity index (χ4v) is 18.6. The van der Waals surface area contributed by atoms with Crippen LogP contribution in [-0.2, 0) is 22.7 Å². The molecule has 4 aliphatic rings. The zero-order valence-electron chi connectivity index (χ0n) is 62.2. The van der Waals surface area contributed by atoms with Crippen LogP contribution in [0.5, 0.6) is 0 Å². The van der Waals surface area contributed by atoms with Crippen LogP contribution in [0, 0.1) is 0 Å².